The molecule has 0 radical (unpaired) electrons. The molecule has 1 atom stereocenters. The van der Waals surface area contributed by atoms with Crippen LogP contribution in [0.25, 0.3) is 0 Å². The lowest BCUT2D eigenvalue weighted by Crippen LogP contribution is -2.12. The number of imidazole rings is 1. The lowest BCUT2D eigenvalue weighted by Gasteiger charge is -2.17. The normalized spacial score (nSPS) is 12.4. The highest BCUT2D eigenvalue weighted by Gasteiger charge is 2.11. The number of hydrogen-bond acceptors (Lipinski definition) is 2. The van der Waals surface area contributed by atoms with Gasteiger partial charge in [-0.05, 0) is 37.1 Å². The highest BCUT2D eigenvalue weighted by molar-refractivity contribution is 9.10. The Balaban J connectivity index is 2.21. The Bertz CT molecular complexity index is 534. The lowest BCUT2D eigenvalue weighted by atomic mass is 10.1. The molecule has 0 bridgehead atoms. The smallest absolute Gasteiger partial charge is 0.130 e. The Hall–Kier alpha value is -1.29. The van der Waals surface area contributed by atoms with Gasteiger partial charge in [0.2, 0.25) is 0 Å². The van der Waals surface area contributed by atoms with Crippen LogP contribution < -0.4 is 5.32 Å². The Morgan fingerprint density at radius 3 is 2.83 bits per heavy atom. The molecule has 0 amide bonds. The van der Waals surface area contributed by atoms with Crippen LogP contribution in [0.5, 0.6) is 0 Å². The van der Waals surface area contributed by atoms with Crippen molar-refractivity contribution in [1.82, 2.24) is 9.55 Å². The number of aromatic nitrogens is 2. The van der Waals surface area contributed by atoms with E-state index in [1.54, 1.807) is 0 Å². The van der Waals surface area contributed by atoms with Crippen molar-refractivity contribution in [3.63, 3.8) is 0 Å². The van der Waals surface area contributed by atoms with E-state index < -0.39 is 0 Å². The Morgan fingerprint density at radius 1 is 1.44 bits per heavy atom. The van der Waals surface area contributed by atoms with Crippen molar-refractivity contribution < 1.29 is 0 Å². The van der Waals surface area contributed by atoms with E-state index in [0.29, 0.717) is 0 Å². The van der Waals surface area contributed by atoms with Crippen molar-refractivity contribution in [2.75, 3.05) is 5.32 Å². The van der Waals surface area contributed by atoms with Gasteiger partial charge in [-0.1, -0.05) is 22.9 Å². The highest BCUT2D eigenvalue weighted by atomic mass is 79.9. The van der Waals surface area contributed by atoms with Crippen LogP contribution in [0.2, 0.25) is 0 Å². The standard InChI is InChI=1S/C14H18BrN3/c1-4-11-9-12(15)5-6-13(11)17-10(2)14-16-7-8-18(14)3/h5-10,17H,4H2,1-3H3. The summed E-state index contributed by atoms with van der Waals surface area (Å²) in [5, 5.41) is 3.53. The number of halogens is 1. The minimum Gasteiger partial charge on any atom is -0.375 e. The van der Waals surface area contributed by atoms with Gasteiger partial charge in [-0.3, -0.25) is 0 Å². The molecule has 1 N–H and O–H groups in total. The zero-order valence-electron chi connectivity index (χ0n) is 10.9. The number of benzene rings is 1. The first-order valence-electron chi connectivity index (χ1n) is 6.14. The molecule has 1 aromatic carbocycles. The molecule has 0 aliphatic heterocycles. The van der Waals surface area contributed by atoms with Gasteiger partial charge >= 0.3 is 0 Å². The second-order valence-corrected chi connectivity index (χ2v) is 5.33. The fourth-order valence-electron chi connectivity index (χ4n) is 2.09. The molecule has 1 aromatic heterocycles. The van der Waals surface area contributed by atoms with Crippen molar-refractivity contribution in [3.8, 4) is 0 Å². The molecule has 0 aliphatic carbocycles. The third kappa shape index (κ3) is 2.75. The minimum absolute atomic E-state index is 0.191. The van der Waals surface area contributed by atoms with E-state index in [1.807, 2.05) is 24.0 Å². The van der Waals surface area contributed by atoms with Crippen LogP contribution >= 0.6 is 15.9 Å². The number of rotatable bonds is 4. The van der Waals surface area contributed by atoms with E-state index in [0.717, 1.165) is 16.7 Å². The maximum atomic E-state index is 4.38. The van der Waals surface area contributed by atoms with Crippen LogP contribution in [0.4, 0.5) is 5.69 Å². The largest absolute Gasteiger partial charge is 0.375 e. The SMILES string of the molecule is CCc1cc(Br)ccc1NC(C)c1nccn1C. The quantitative estimate of drug-likeness (QED) is 0.928. The third-order valence-corrected chi connectivity index (χ3v) is 3.56. The van der Waals surface area contributed by atoms with Crippen LogP contribution in [0.1, 0.15) is 31.3 Å². The summed E-state index contributed by atoms with van der Waals surface area (Å²) in [5.74, 6) is 1.04. The second kappa shape index (κ2) is 5.57. The fourth-order valence-corrected chi connectivity index (χ4v) is 2.50. The first-order valence-corrected chi connectivity index (χ1v) is 6.93. The summed E-state index contributed by atoms with van der Waals surface area (Å²) in [4.78, 5) is 4.38. The lowest BCUT2D eigenvalue weighted by molar-refractivity contribution is 0.720. The second-order valence-electron chi connectivity index (χ2n) is 4.42. The predicted molar refractivity (Wildman–Crippen MR) is 78.8 cm³/mol. The van der Waals surface area contributed by atoms with Gasteiger partial charge < -0.3 is 9.88 Å². The number of nitrogens with one attached hydrogen (secondary N) is 1. The summed E-state index contributed by atoms with van der Waals surface area (Å²) in [6.45, 7) is 4.29. The summed E-state index contributed by atoms with van der Waals surface area (Å²) in [6.07, 6.45) is 4.81. The molecule has 0 spiro atoms. The third-order valence-electron chi connectivity index (χ3n) is 3.07. The van der Waals surface area contributed by atoms with Crippen molar-refractivity contribution in [3.05, 3.63) is 46.5 Å². The van der Waals surface area contributed by atoms with Crippen molar-refractivity contribution >= 4 is 21.6 Å². The van der Waals surface area contributed by atoms with Crippen LogP contribution in [0, 0.1) is 0 Å². The minimum atomic E-state index is 0.191. The topological polar surface area (TPSA) is 29.9 Å². The van der Waals surface area contributed by atoms with Crippen molar-refractivity contribution in [2.45, 2.75) is 26.3 Å². The zero-order chi connectivity index (χ0) is 13.1. The molecular formula is C14H18BrN3. The van der Waals surface area contributed by atoms with E-state index in [4.69, 9.17) is 0 Å². The molecule has 0 saturated heterocycles. The van der Waals surface area contributed by atoms with Crippen LogP contribution in [0.3, 0.4) is 0 Å². The first-order chi connectivity index (χ1) is 8.61. The summed E-state index contributed by atoms with van der Waals surface area (Å²) in [7, 11) is 2.02. The van der Waals surface area contributed by atoms with Crippen molar-refractivity contribution in [1.29, 1.82) is 0 Å². The summed E-state index contributed by atoms with van der Waals surface area (Å²) in [5.41, 5.74) is 2.49. The molecular weight excluding hydrogens is 290 g/mol. The average Bonchev–Trinajstić information content (AvgIpc) is 2.77. The maximum absolute atomic E-state index is 4.38. The van der Waals surface area contributed by atoms with E-state index in [1.165, 1.54) is 11.3 Å². The summed E-state index contributed by atoms with van der Waals surface area (Å²) < 4.78 is 3.16. The van der Waals surface area contributed by atoms with E-state index in [9.17, 15) is 0 Å². The maximum Gasteiger partial charge on any atom is 0.130 e. The van der Waals surface area contributed by atoms with Crippen molar-refractivity contribution in [2.24, 2.45) is 7.05 Å². The molecule has 2 rings (SSSR count). The molecule has 1 heterocycles. The molecule has 0 saturated carbocycles. The van der Waals surface area contributed by atoms with Crippen LogP contribution in [0.15, 0.2) is 35.1 Å². The summed E-state index contributed by atoms with van der Waals surface area (Å²) >= 11 is 3.51. The van der Waals surface area contributed by atoms with Gasteiger partial charge in [0, 0.05) is 29.6 Å². The van der Waals surface area contributed by atoms with Crippen LogP contribution in [-0.2, 0) is 13.5 Å². The Kier molecular flexibility index (Phi) is 4.07. The van der Waals surface area contributed by atoms with E-state index in [-0.39, 0.29) is 6.04 Å². The summed E-state index contributed by atoms with van der Waals surface area (Å²) in [6, 6.07) is 6.53. The molecule has 1 unspecified atom stereocenters. The molecule has 3 nitrogen and oxygen atoms in total. The van der Waals surface area contributed by atoms with Gasteiger partial charge in [0.25, 0.3) is 0 Å². The van der Waals surface area contributed by atoms with Crippen LogP contribution in [-0.4, -0.2) is 9.55 Å². The predicted octanol–water partition coefficient (Wildman–Crippen LogP) is 3.92. The fraction of sp³-hybridized carbons (Fsp3) is 0.357. The van der Waals surface area contributed by atoms with Gasteiger partial charge in [0.1, 0.15) is 5.82 Å². The number of aryl methyl sites for hydroxylation is 2. The molecule has 2 aromatic rings. The molecule has 0 fully saturated rings. The Labute approximate surface area is 116 Å². The molecule has 18 heavy (non-hydrogen) atoms. The van der Waals surface area contributed by atoms with E-state index >= 15 is 0 Å². The van der Waals surface area contributed by atoms with Gasteiger partial charge in [0.15, 0.2) is 0 Å². The number of anilines is 1. The van der Waals surface area contributed by atoms with E-state index in [2.05, 4.69) is 58.3 Å². The first kappa shape index (κ1) is 13.1. The van der Waals surface area contributed by atoms with Gasteiger partial charge in [-0.25, -0.2) is 4.98 Å². The molecule has 96 valence electrons. The van der Waals surface area contributed by atoms with Gasteiger partial charge in [-0.15, -0.1) is 0 Å². The average molecular weight is 308 g/mol. The molecule has 4 heteroatoms. The Morgan fingerprint density at radius 2 is 2.22 bits per heavy atom. The molecule has 0 aliphatic rings. The highest BCUT2D eigenvalue weighted by Crippen LogP contribution is 2.25. The van der Waals surface area contributed by atoms with Gasteiger partial charge in [-0.2, -0.15) is 0 Å². The van der Waals surface area contributed by atoms with Gasteiger partial charge in [0.05, 0.1) is 6.04 Å². The zero-order valence-corrected chi connectivity index (χ0v) is 12.5. The number of nitrogens with zero attached hydrogens (tertiary/aromatic N) is 2. The monoisotopic (exact) mass is 307 g/mol. The number of hydrogen-bond donors (Lipinski definition) is 1.